The van der Waals surface area contributed by atoms with Crippen LogP contribution in [0.1, 0.15) is 13.8 Å². The Morgan fingerprint density at radius 1 is 1.08 bits per heavy atom. The number of nitro groups is 1. The van der Waals surface area contributed by atoms with Gasteiger partial charge in [0.2, 0.25) is 0 Å². The monoisotopic (exact) mass is 354 g/mol. The molecule has 8 heteroatoms. The normalized spacial score (nSPS) is 10.5. The molecule has 3 rings (SSSR count). The van der Waals surface area contributed by atoms with Crippen molar-refractivity contribution in [3.8, 4) is 34.3 Å². The standard InChI is InChI=1S/C18H18N4O4/c1-3-25-15-10-9-12(11-16(15)26-4-2)17-19-18(21-20-17)13-7-5-6-8-14(13)22(23)24/h5-11H,3-4H2,1-2H3,(H,19,20,21). The van der Waals surface area contributed by atoms with Crippen molar-refractivity contribution >= 4 is 5.69 Å². The van der Waals surface area contributed by atoms with E-state index >= 15 is 0 Å². The zero-order valence-corrected chi connectivity index (χ0v) is 14.4. The maximum absolute atomic E-state index is 11.2. The summed E-state index contributed by atoms with van der Waals surface area (Å²) in [5.74, 6) is 2.00. The number of benzene rings is 2. The van der Waals surface area contributed by atoms with Gasteiger partial charge >= 0.3 is 0 Å². The minimum absolute atomic E-state index is 0.0306. The lowest BCUT2D eigenvalue weighted by atomic mass is 10.1. The van der Waals surface area contributed by atoms with E-state index in [0.29, 0.717) is 41.9 Å². The zero-order chi connectivity index (χ0) is 18.5. The molecule has 26 heavy (non-hydrogen) atoms. The number of nitro benzene ring substituents is 1. The molecule has 0 amide bonds. The highest BCUT2D eigenvalue weighted by Gasteiger charge is 2.18. The number of aromatic amines is 1. The average molecular weight is 354 g/mol. The number of hydrogen-bond acceptors (Lipinski definition) is 6. The highest BCUT2D eigenvalue weighted by Crippen LogP contribution is 2.33. The van der Waals surface area contributed by atoms with Crippen LogP contribution >= 0.6 is 0 Å². The Kier molecular flexibility index (Phi) is 5.12. The Morgan fingerprint density at radius 3 is 2.54 bits per heavy atom. The molecular weight excluding hydrogens is 336 g/mol. The lowest BCUT2D eigenvalue weighted by molar-refractivity contribution is -0.384. The first-order chi connectivity index (χ1) is 12.6. The van der Waals surface area contributed by atoms with Crippen LogP contribution in [0.4, 0.5) is 5.69 Å². The van der Waals surface area contributed by atoms with Crippen LogP contribution in [-0.4, -0.2) is 33.3 Å². The van der Waals surface area contributed by atoms with Crippen LogP contribution in [0.25, 0.3) is 22.8 Å². The molecule has 1 N–H and O–H groups in total. The van der Waals surface area contributed by atoms with Gasteiger partial charge in [0.05, 0.1) is 23.7 Å². The van der Waals surface area contributed by atoms with Crippen molar-refractivity contribution in [3.05, 3.63) is 52.6 Å². The molecule has 8 nitrogen and oxygen atoms in total. The number of nitrogens with one attached hydrogen (secondary N) is 1. The predicted octanol–water partition coefficient (Wildman–Crippen LogP) is 3.84. The van der Waals surface area contributed by atoms with Gasteiger partial charge in [0.1, 0.15) is 0 Å². The molecule has 0 saturated carbocycles. The smallest absolute Gasteiger partial charge is 0.280 e. The van der Waals surface area contributed by atoms with Gasteiger partial charge in [0.15, 0.2) is 23.1 Å². The second-order valence-electron chi connectivity index (χ2n) is 5.31. The Morgan fingerprint density at radius 2 is 1.81 bits per heavy atom. The highest BCUT2D eigenvalue weighted by molar-refractivity contribution is 5.70. The van der Waals surface area contributed by atoms with Gasteiger partial charge in [-0.15, -0.1) is 0 Å². The van der Waals surface area contributed by atoms with E-state index in [1.165, 1.54) is 6.07 Å². The van der Waals surface area contributed by atoms with Gasteiger partial charge in [0, 0.05) is 11.6 Å². The minimum atomic E-state index is -0.443. The summed E-state index contributed by atoms with van der Waals surface area (Å²) in [6.07, 6.45) is 0. The van der Waals surface area contributed by atoms with Crippen molar-refractivity contribution in [2.24, 2.45) is 0 Å². The second-order valence-corrected chi connectivity index (χ2v) is 5.31. The fraction of sp³-hybridized carbons (Fsp3) is 0.222. The van der Waals surface area contributed by atoms with Crippen molar-refractivity contribution in [3.63, 3.8) is 0 Å². The molecule has 134 valence electrons. The van der Waals surface area contributed by atoms with Crippen LogP contribution in [0.2, 0.25) is 0 Å². The van der Waals surface area contributed by atoms with E-state index in [0.717, 1.165) is 5.56 Å². The third kappa shape index (κ3) is 3.49. The quantitative estimate of drug-likeness (QED) is 0.511. The number of nitrogens with zero attached hydrogens (tertiary/aromatic N) is 3. The number of H-pyrrole nitrogens is 1. The van der Waals surface area contributed by atoms with E-state index in [1.807, 2.05) is 19.9 Å². The first-order valence-electron chi connectivity index (χ1n) is 8.20. The maximum atomic E-state index is 11.2. The molecule has 0 radical (unpaired) electrons. The molecule has 3 aromatic rings. The first kappa shape index (κ1) is 17.4. The number of ether oxygens (including phenoxy) is 2. The van der Waals surface area contributed by atoms with Crippen LogP contribution in [0, 0.1) is 10.1 Å². The summed E-state index contributed by atoms with van der Waals surface area (Å²) in [7, 11) is 0. The summed E-state index contributed by atoms with van der Waals surface area (Å²) in [5, 5.41) is 18.2. The SMILES string of the molecule is CCOc1ccc(-c2n[nH]c(-c3ccccc3[N+](=O)[O-])n2)cc1OCC. The molecule has 0 aliphatic rings. The third-order valence-corrected chi connectivity index (χ3v) is 3.64. The summed E-state index contributed by atoms with van der Waals surface area (Å²) in [5.41, 5.74) is 1.07. The van der Waals surface area contributed by atoms with Crippen molar-refractivity contribution in [1.82, 2.24) is 15.2 Å². The van der Waals surface area contributed by atoms with E-state index < -0.39 is 4.92 Å². The Bertz CT molecular complexity index is 923. The molecule has 0 unspecified atom stereocenters. The van der Waals surface area contributed by atoms with Crippen LogP contribution in [0.3, 0.4) is 0 Å². The van der Waals surface area contributed by atoms with Gasteiger partial charge < -0.3 is 9.47 Å². The summed E-state index contributed by atoms with van der Waals surface area (Å²) >= 11 is 0. The first-order valence-corrected chi connectivity index (χ1v) is 8.20. The minimum Gasteiger partial charge on any atom is -0.490 e. The molecule has 0 spiro atoms. The third-order valence-electron chi connectivity index (χ3n) is 3.64. The summed E-state index contributed by atoms with van der Waals surface area (Å²) in [6.45, 7) is 4.82. The summed E-state index contributed by atoms with van der Waals surface area (Å²) in [4.78, 5) is 15.2. The number of aromatic nitrogens is 3. The number of rotatable bonds is 7. The van der Waals surface area contributed by atoms with Gasteiger partial charge in [-0.3, -0.25) is 15.2 Å². The van der Waals surface area contributed by atoms with Gasteiger partial charge in [0.25, 0.3) is 5.69 Å². The van der Waals surface area contributed by atoms with Crippen LogP contribution in [0.15, 0.2) is 42.5 Å². The van der Waals surface area contributed by atoms with Crippen molar-refractivity contribution in [2.45, 2.75) is 13.8 Å². The van der Waals surface area contributed by atoms with E-state index in [4.69, 9.17) is 9.47 Å². The topological polar surface area (TPSA) is 103 Å². The molecule has 0 bridgehead atoms. The molecule has 2 aromatic carbocycles. The van der Waals surface area contributed by atoms with E-state index in [1.54, 1.807) is 30.3 Å². The highest BCUT2D eigenvalue weighted by atomic mass is 16.6. The molecule has 0 atom stereocenters. The molecular formula is C18H18N4O4. The lowest BCUT2D eigenvalue weighted by Gasteiger charge is -2.11. The van der Waals surface area contributed by atoms with Gasteiger partial charge in [-0.2, -0.15) is 5.10 Å². The lowest BCUT2D eigenvalue weighted by Crippen LogP contribution is -1.98. The maximum Gasteiger partial charge on any atom is 0.280 e. The average Bonchev–Trinajstić information content (AvgIpc) is 3.13. The van der Waals surface area contributed by atoms with E-state index in [-0.39, 0.29) is 5.69 Å². The Balaban J connectivity index is 1.98. The molecule has 0 saturated heterocycles. The van der Waals surface area contributed by atoms with Crippen molar-refractivity contribution in [2.75, 3.05) is 13.2 Å². The fourth-order valence-corrected chi connectivity index (χ4v) is 2.53. The van der Waals surface area contributed by atoms with Crippen molar-refractivity contribution in [1.29, 1.82) is 0 Å². The summed E-state index contributed by atoms with van der Waals surface area (Å²) < 4.78 is 11.2. The number of hydrogen-bond donors (Lipinski definition) is 1. The van der Waals surface area contributed by atoms with Gasteiger partial charge in [-0.05, 0) is 38.1 Å². The fourth-order valence-electron chi connectivity index (χ4n) is 2.53. The van der Waals surface area contributed by atoms with Crippen LogP contribution < -0.4 is 9.47 Å². The Hall–Kier alpha value is -3.42. The second kappa shape index (κ2) is 7.64. The van der Waals surface area contributed by atoms with Gasteiger partial charge in [-0.25, -0.2) is 4.98 Å². The Labute approximate surface area is 150 Å². The molecule has 0 aliphatic carbocycles. The largest absolute Gasteiger partial charge is 0.490 e. The molecule has 1 aromatic heterocycles. The zero-order valence-electron chi connectivity index (χ0n) is 14.4. The molecule has 0 fully saturated rings. The van der Waals surface area contributed by atoms with E-state index in [2.05, 4.69) is 15.2 Å². The van der Waals surface area contributed by atoms with Gasteiger partial charge in [-0.1, -0.05) is 12.1 Å². The molecule has 0 aliphatic heterocycles. The van der Waals surface area contributed by atoms with Crippen LogP contribution in [-0.2, 0) is 0 Å². The predicted molar refractivity (Wildman–Crippen MR) is 96.2 cm³/mol. The van der Waals surface area contributed by atoms with E-state index in [9.17, 15) is 10.1 Å². The number of para-hydroxylation sites is 1. The molecule has 1 heterocycles. The summed E-state index contributed by atoms with van der Waals surface area (Å²) in [6, 6.07) is 11.8. The van der Waals surface area contributed by atoms with Crippen molar-refractivity contribution < 1.29 is 14.4 Å². The van der Waals surface area contributed by atoms with Crippen LogP contribution in [0.5, 0.6) is 11.5 Å².